The molecule has 0 fully saturated rings. The Morgan fingerprint density at radius 3 is 3.05 bits per heavy atom. The Labute approximate surface area is 123 Å². The van der Waals surface area contributed by atoms with Crippen LogP contribution in [0.15, 0.2) is 40.8 Å². The molecule has 0 unspecified atom stereocenters. The quantitative estimate of drug-likeness (QED) is 0.920. The molecule has 4 heteroatoms. The van der Waals surface area contributed by atoms with E-state index in [9.17, 15) is 9.90 Å². The zero-order chi connectivity index (χ0) is 15.0. The van der Waals surface area contributed by atoms with E-state index in [2.05, 4.69) is 11.9 Å². The topological polar surface area (TPSA) is 55.1 Å². The minimum absolute atomic E-state index is 0.0826. The molecule has 3 heterocycles. The molecule has 108 valence electrons. The van der Waals surface area contributed by atoms with Gasteiger partial charge in [-0.1, -0.05) is 24.6 Å². The van der Waals surface area contributed by atoms with Gasteiger partial charge in [0.1, 0.15) is 5.52 Å². The Morgan fingerprint density at radius 2 is 2.29 bits per heavy atom. The van der Waals surface area contributed by atoms with Crippen molar-refractivity contribution in [3.05, 3.63) is 52.1 Å². The van der Waals surface area contributed by atoms with Gasteiger partial charge in [0.25, 0.3) is 5.56 Å². The predicted molar refractivity (Wildman–Crippen MR) is 84.3 cm³/mol. The van der Waals surface area contributed by atoms with Crippen molar-refractivity contribution in [2.45, 2.75) is 33.2 Å². The molecule has 0 aliphatic carbocycles. The van der Waals surface area contributed by atoms with E-state index in [0.29, 0.717) is 23.1 Å². The third-order valence-corrected chi connectivity index (χ3v) is 3.95. The smallest absolute Gasteiger partial charge is 0.260 e. The molecule has 4 nitrogen and oxygen atoms in total. The van der Waals surface area contributed by atoms with Gasteiger partial charge in [-0.2, -0.15) is 0 Å². The van der Waals surface area contributed by atoms with Gasteiger partial charge in [-0.15, -0.1) is 0 Å². The Hall–Kier alpha value is -2.36. The van der Waals surface area contributed by atoms with Crippen molar-refractivity contribution >= 4 is 16.5 Å². The first-order valence-electron chi connectivity index (χ1n) is 7.22. The maximum atomic E-state index is 12.6. The normalized spacial score (nSPS) is 15.0. The van der Waals surface area contributed by atoms with Crippen molar-refractivity contribution < 1.29 is 5.11 Å². The predicted octanol–water partition coefficient (Wildman–Crippen LogP) is 3.25. The van der Waals surface area contributed by atoms with Crippen LogP contribution in [0.5, 0.6) is 5.75 Å². The lowest BCUT2D eigenvalue weighted by molar-refractivity contribution is 0.465. The second kappa shape index (κ2) is 5.20. The molecule has 21 heavy (non-hydrogen) atoms. The summed E-state index contributed by atoms with van der Waals surface area (Å²) >= 11 is 0. The Kier molecular flexibility index (Phi) is 3.37. The van der Waals surface area contributed by atoms with Gasteiger partial charge in [0.2, 0.25) is 0 Å². The van der Waals surface area contributed by atoms with Crippen molar-refractivity contribution in [1.82, 2.24) is 9.55 Å². The van der Waals surface area contributed by atoms with Gasteiger partial charge in [0.15, 0.2) is 5.75 Å². The number of hydrogen-bond acceptors (Lipinski definition) is 3. The van der Waals surface area contributed by atoms with E-state index >= 15 is 0 Å². The molecule has 2 aromatic heterocycles. The van der Waals surface area contributed by atoms with E-state index in [1.807, 2.05) is 19.1 Å². The van der Waals surface area contributed by atoms with Crippen LogP contribution in [-0.2, 0) is 6.54 Å². The number of rotatable bonds is 2. The van der Waals surface area contributed by atoms with Gasteiger partial charge < -0.3 is 9.67 Å². The molecule has 1 N–H and O–H groups in total. The maximum absolute atomic E-state index is 12.6. The minimum Gasteiger partial charge on any atom is -0.504 e. The van der Waals surface area contributed by atoms with E-state index in [0.717, 1.165) is 18.4 Å². The van der Waals surface area contributed by atoms with Crippen molar-refractivity contribution in [2.24, 2.45) is 0 Å². The average Bonchev–Trinajstić information content (AvgIpc) is 2.51. The minimum atomic E-state index is -0.0826. The highest BCUT2D eigenvalue weighted by Gasteiger charge is 2.23. The van der Waals surface area contributed by atoms with Crippen LogP contribution in [0, 0.1) is 0 Å². The third-order valence-electron chi connectivity index (χ3n) is 3.95. The van der Waals surface area contributed by atoms with E-state index in [1.54, 1.807) is 22.9 Å². The van der Waals surface area contributed by atoms with Crippen molar-refractivity contribution in [1.29, 1.82) is 0 Å². The lowest BCUT2D eigenvalue weighted by Gasteiger charge is -2.23. The summed E-state index contributed by atoms with van der Waals surface area (Å²) in [5, 5.41) is 11.1. The molecular formula is C17H18N2O2. The molecule has 0 spiro atoms. The van der Waals surface area contributed by atoms with Crippen molar-refractivity contribution in [2.75, 3.05) is 0 Å². The number of aromatic nitrogens is 2. The molecule has 1 aliphatic heterocycles. The fourth-order valence-corrected chi connectivity index (χ4v) is 2.81. The standard InChI is InChI=1S/C17H18N2O2/c1-3-4-6-12-11(2)8-10-19-15(12)16(20)14-13(17(19)21)7-5-9-18-14/h4-7,9,20H,3,8,10H2,1-2H3/b6-4-. The van der Waals surface area contributed by atoms with Crippen molar-refractivity contribution in [3.63, 3.8) is 0 Å². The Bertz CT molecular complexity index is 829. The van der Waals surface area contributed by atoms with Crippen LogP contribution in [0.2, 0.25) is 0 Å². The molecule has 0 saturated carbocycles. The summed E-state index contributed by atoms with van der Waals surface area (Å²) in [6, 6.07) is 3.43. The van der Waals surface area contributed by atoms with Crippen molar-refractivity contribution in [3.8, 4) is 5.75 Å². The highest BCUT2D eigenvalue weighted by atomic mass is 16.3. The second-order valence-electron chi connectivity index (χ2n) is 5.31. The van der Waals surface area contributed by atoms with Gasteiger partial charge in [-0.05, 0) is 31.9 Å². The molecule has 3 rings (SSSR count). The van der Waals surface area contributed by atoms with Gasteiger partial charge in [-0.25, -0.2) is 0 Å². The van der Waals surface area contributed by atoms with E-state index in [4.69, 9.17) is 0 Å². The van der Waals surface area contributed by atoms with E-state index in [-0.39, 0.29) is 11.3 Å². The number of nitrogens with zero attached hydrogens (tertiary/aromatic N) is 2. The lowest BCUT2D eigenvalue weighted by Crippen LogP contribution is -2.26. The monoisotopic (exact) mass is 282 g/mol. The molecule has 0 amide bonds. The fourth-order valence-electron chi connectivity index (χ4n) is 2.81. The molecule has 0 atom stereocenters. The largest absolute Gasteiger partial charge is 0.504 e. The molecule has 0 aromatic carbocycles. The number of allylic oxidation sites excluding steroid dienone is 4. The lowest BCUT2D eigenvalue weighted by atomic mass is 9.96. The van der Waals surface area contributed by atoms with Gasteiger partial charge in [-0.3, -0.25) is 9.78 Å². The van der Waals surface area contributed by atoms with Gasteiger partial charge in [0, 0.05) is 18.3 Å². The molecule has 1 aliphatic rings. The summed E-state index contributed by atoms with van der Waals surface area (Å²) in [5.74, 6) is 0.0972. The highest BCUT2D eigenvalue weighted by molar-refractivity contribution is 5.91. The van der Waals surface area contributed by atoms with Crippen LogP contribution in [0.3, 0.4) is 0 Å². The summed E-state index contributed by atoms with van der Waals surface area (Å²) in [6.07, 6.45) is 7.36. The zero-order valence-corrected chi connectivity index (χ0v) is 12.3. The summed E-state index contributed by atoms with van der Waals surface area (Å²) in [5.41, 5.74) is 3.02. The summed E-state index contributed by atoms with van der Waals surface area (Å²) in [4.78, 5) is 16.8. The highest BCUT2D eigenvalue weighted by Crippen LogP contribution is 2.36. The fraction of sp³-hybridized carbons (Fsp3) is 0.294. The number of pyridine rings is 2. The van der Waals surface area contributed by atoms with Crippen LogP contribution >= 0.6 is 0 Å². The first kappa shape index (κ1) is 13.6. The van der Waals surface area contributed by atoms with Crippen LogP contribution in [-0.4, -0.2) is 14.7 Å². The van der Waals surface area contributed by atoms with Crippen LogP contribution in [0.25, 0.3) is 16.5 Å². The summed E-state index contributed by atoms with van der Waals surface area (Å²) < 4.78 is 1.67. The van der Waals surface area contributed by atoms with Crippen LogP contribution < -0.4 is 5.56 Å². The number of aromatic hydroxyl groups is 1. The number of hydrogen-bond donors (Lipinski definition) is 1. The molecule has 0 radical (unpaired) electrons. The Balaban J connectivity index is 2.40. The molecule has 0 saturated heterocycles. The molecule has 0 bridgehead atoms. The molecular weight excluding hydrogens is 264 g/mol. The third kappa shape index (κ3) is 2.07. The van der Waals surface area contributed by atoms with Gasteiger partial charge >= 0.3 is 0 Å². The van der Waals surface area contributed by atoms with E-state index < -0.39 is 0 Å². The maximum Gasteiger partial charge on any atom is 0.260 e. The first-order valence-corrected chi connectivity index (χ1v) is 7.22. The SMILES string of the molecule is CC/C=C\C1=C(C)CCn2c1c(O)c1ncccc1c2=O. The average molecular weight is 282 g/mol. The zero-order valence-electron chi connectivity index (χ0n) is 12.3. The van der Waals surface area contributed by atoms with E-state index in [1.165, 1.54) is 5.57 Å². The van der Waals surface area contributed by atoms with Gasteiger partial charge in [0.05, 0.1) is 11.1 Å². The first-order chi connectivity index (χ1) is 10.1. The second-order valence-corrected chi connectivity index (χ2v) is 5.31. The van der Waals surface area contributed by atoms with Crippen LogP contribution in [0.1, 0.15) is 32.4 Å². The molecule has 2 aromatic rings. The summed E-state index contributed by atoms with van der Waals surface area (Å²) in [6.45, 7) is 4.71. The number of fused-ring (bicyclic) bond motifs is 2. The Morgan fingerprint density at radius 1 is 1.48 bits per heavy atom. The van der Waals surface area contributed by atoms with Crippen LogP contribution in [0.4, 0.5) is 0 Å². The summed E-state index contributed by atoms with van der Waals surface area (Å²) in [7, 11) is 0.